The van der Waals surface area contributed by atoms with Gasteiger partial charge in [0.15, 0.2) is 0 Å². The van der Waals surface area contributed by atoms with Gasteiger partial charge in [-0.15, -0.1) is 0 Å². The van der Waals surface area contributed by atoms with Gasteiger partial charge in [0, 0.05) is 0 Å². The molecule has 0 aliphatic heterocycles. The minimum atomic E-state index is 0.712. The topological polar surface area (TPSA) is 27.7 Å². The Hall–Kier alpha value is -3.24. The Morgan fingerprint density at radius 3 is 1.39 bits per heavy atom. The SMILES string of the molecule is Brc1cc(Oc2ccc(Oc3ccccc3)cc2)ccc1Oc1ccccc1. The summed E-state index contributed by atoms with van der Waals surface area (Å²) < 4.78 is 18.4. The predicted octanol–water partition coefficient (Wildman–Crippen LogP) is 7.83. The fourth-order valence-electron chi connectivity index (χ4n) is 2.58. The van der Waals surface area contributed by atoms with Crippen molar-refractivity contribution in [2.24, 2.45) is 0 Å². The Bertz CT molecular complexity index is 1030. The smallest absolute Gasteiger partial charge is 0.141 e. The Labute approximate surface area is 172 Å². The molecule has 0 fully saturated rings. The largest absolute Gasteiger partial charge is 0.457 e. The van der Waals surface area contributed by atoms with E-state index in [4.69, 9.17) is 14.2 Å². The average Bonchev–Trinajstić information content (AvgIpc) is 2.73. The van der Waals surface area contributed by atoms with Crippen molar-refractivity contribution in [1.29, 1.82) is 0 Å². The number of halogens is 1. The van der Waals surface area contributed by atoms with Crippen LogP contribution >= 0.6 is 15.9 Å². The van der Waals surface area contributed by atoms with E-state index in [1.54, 1.807) is 0 Å². The zero-order chi connectivity index (χ0) is 19.2. The predicted molar refractivity (Wildman–Crippen MR) is 114 cm³/mol. The highest BCUT2D eigenvalue weighted by molar-refractivity contribution is 9.10. The summed E-state index contributed by atoms with van der Waals surface area (Å²) in [5.74, 6) is 4.50. The first-order chi connectivity index (χ1) is 13.8. The first-order valence-corrected chi connectivity index (χ1v) is 9.59. The van der Waals surface area contributed by atoms with Gasteiger partial charge in [-0.3, -0.25) is 0 Å². The van der Waals surface area contributed by atoms with Gasteiger partial charge < -0.3 is 14.2 Å². The molecule has 0 saturated carbocycles. The second-order valence-corrected chi connectivity index (χ2v) is 6.85. The van der Waals surface area contributed by atoms with Crippen LogP contribution in [0.5, 0.6) is 34.5 Å². The molecule has 138 valence electrons. The van der Waals surface area contributed by atoms with Crippen molar-refractivity contribution < 1.29 is 14.2 Å². The molecular formula is C24H17BrO3. The molecule has 4 rings (SSSR count). The second kappa shape index (κ2) is 8.63. The van der Waals surface area contributed by atoms with E-state index in [2.05, 4.69) is 15.9 Å². The fraction of sp³-hybridized carbons (Fsp3) is 0. The van der Waals surface area contributed by atoms with E-state index in [1.165, 1.54) is 0 Å². The molecule has 0 N–H and O–H groups in total. The first-order valence-electron chi connectivity index (χ1n) is 8.79. The van der Waals surface area contributed by atoms with E-state index in [0.717, 1.165) is 33.2 Å². The van der Waals surface area contributed by atoms with Gasteiger partial charge in [0.2, 0.25) is 0 Å². The van der Waals surface area contributed by atoms with Crippen LogP contribution in [-0.2, 0) is 0 Å². The molecule has 0 radical (unpaired) electrons. The summed E-state index contributed by atoms with van der Waals surface area (Å²) >= 11 is 3.54. The summed E-state index contributed by atoms with van der Waals surface area (Å²) in [4.78, 5) is 0. The number of ether oxygens (including phenoxy) is 3. The van der Waals surface area contributed by atoms with Crippen LogP contribution < -0.4 is 14.2 Å². The van der Waals surface area contributed by atoms with E-state index in [-0.39, 0.29) is 0 Å². The Morgan fingerprint density at radius 1 is 0.429 bits per heavy atom. The van der Waals surface area contributed by atoms with E-state index in [9.17, 15) is 0 Å². The van der Waals surface area contributed by atoms with Gasteiger partial charge in [-0.2, -0.15) is 0 Å². The molecule has 0 bridgehead atoms. The number of benzene rings is 4. The molecule has 0 saturated heterocycles. The lowest BCUT2D eigenvalue weighted by Gasteiger charge is -2.11. The van der Waals surface area contributed by atoms with Crippen LogP contribution in [0.2, 0.25) is 0 Å². The van der Waals surface area contributed by atoms with Crippen molar-refractivity contribution in [2.75, 3.05) is 0 Å². The Balaban J connectivity index is 1.42. The van der Waals surface area contributed by atoms with Crippen LogP contribution in [0.25, 0.3) is 0 Å². The minimum absolute atomic E-state index is 0.712. The summed E-state index contributed by atoms with van der Waals surface area (Å²) in [6, 6.07) is 32.5. The van der Waals surface area contributed by atoms with Crippen LogP contribution in [0.3, 0.4) is 0 Å². The standard InChI is InChI=1S/C24H17BrO3/c25-23-17-22(15-16-24(23)28-19-9-5-2-6-10-19)27-21-13-11-20(12-14-21)26-18-7-3-1-4-8-18/h1-17H. The third-order valence-corrected chi connectivity index (χ3v) is 4.53. The van der Waals surface area contributed by atoms with Crippen molar-refractivity contribution in [3.8, 4) is 34.5 Å². The molecule has 0 aliphatic rings. The maximum atomic E-state index is 5.93. The van der Waals surface area contributed by atoms with Crippen molar-refractivity contribution in [2.45, 2.75) is 0 Å². The van der Waals surface area contributed by atoms with E-state index < -0.39 is 0 Å². The normalized spacial score (nSPS) is 10.3. The van der Waals surface area contributed by atoms with Gasteiger partial charge in [-0.1, -0.05) is 36.4 Å². The summed E-state index contributed by atoms with van der Waals surface area (Å²) in [6.45, 7) is 0. The van der Waals surface area contributed by atoms with Gasteiger partial charge in [0.25, 0.3) is 0 Å². The maximum Gasteiger partial charge on any atom is 0.141 e. The highest BCUT2D eigenvalue weighted by Crippen LogP contribution is 2.34. The molecule has 4 aromatic carbocycles. The monoisotopic (exact) mass is 432 g/mol. The van der Waals surface area contributed by atoms with Crippen molar-refractivity contribution in [1.82, 2.24) is 0 Å². The number of rotatable bonds is 6. The quantitative estimate of drug-likeness (QED) is 0.310. The fourth-order valence-corrected chi connectivity index (χ4v) is 3.02. The van der Waals surface area contributed by atoms with E-state index in [0.29, 0.717) is 5.75 Å². The zero-order valence-corrected chi connectivity index (χ0v) is 16.5. The molecule has 28 heavy (non-hydrogen) atoms. The molecule has 0 amide bonds. The Morgan fingerprint density at radius 2 is 0.857 bits per heavy atom. The van der Waals surface area contributed by atoms with Crippen LogP contribution in [0.4, 0.5) is 0 Å². The zero-order valence-electron chi connectivity index (χ0n) is 14.9. The van der Waals surface area contributed by atoms with Gasteiger partial charge in [-0.25, -0.2) is 0 Å². The van der Waals surface area contributed by atoms with E-state index in [1.807, 2.05) is 103 Å². The molecular weight excluding hydrogens is 416 g/mol. The van der Waals surface area contributed by atoms with Crippen LogP contribution in [0.1, 0.15) is 0 Å². The molecule has 0 spiro atoms. The second-order valence-electron chi connectivity index (χ2n) is 6.00. The molecule has 4 heteroatoms. The molecule has 0 aromatic heterocycles. The van der Waals surface area contributed by atoms with Gasteiger partial charge in [0.1, 0.15) is 34.5 Å². The third-order valence-electron chi connectivity index (χ3n) is 3.91. The molecule has 3 nitrogen and oxygen atoms in total. The van der Waals surface area contributed by atoms with Crippen LogP contribution in [0, 0.1) is 0 Å². The maximum absolute atomic E-state index is 5.93. The summed E-state index contributed by atoms with van der Waals surface area (Å²) in [7, 11) is 0. The van der Waals surface area contributed by atoms with Gasteiger partial charge >= 0.3 is 0 Å². The van der Waals surface area contributed by atoms with Crippen molar-refractivity contribution >= 4 is 15.9 Å². The molecule has 0 unspecified atom stereocenters. The lowest BCUT2D eigenvalue weighted by Crippen LogP contribution is -1.88. The number of hydrogen-bond acceptors (Lipinski definition) is 3. The van der Waals surface area contributed by atoms with Gasteiger partial charge in [-0.05, 0) is 82.7 Å². The molecule has 0 heterocycles. The Kier molecular flexibility index (Phi) is 5.59. The first kappa shape index (κ1) is 18.1. The number of hydrogen-bond donors (Lipinski definition) is 0. The summed E-state index contributed by atoms with van der Waals surface area (Å²) in [6.07, 6.45) is 0. The third kappa shape index (κ3) is 4.72. The summed E-state index contributed by atoms with van der Waals surface area (Å²) in [5.41, 5.74) is 0. The van der Waals surface area contributed by atoms with Crippen LogP contribution in [0.15, 0.2) is 108 Å². The molecule has 4 aromatic rings. The highest BCUT2D eigenvalue weighted by atomic mass is 79.9. The molecule has 0 atom stereocenters. The van der Waals surface area contributed by atoms with Crippen LogP contribution in [-0.4, -0.2) is 0 Å². The number of para-hydroxylation sites is 2. The lowest BCUT2D eigenvalue weighted by atomic mass is 10.3. The van der Waals surface area contributed by atoms with Crippen molar-refractivity contribution in [3.63, 3.8) is 0 Å². The lowest BCUT2D eigenvalue weighted by molar-refractivity contribution is 0.462. The van der Waals surface area contributed by atoms with Crippen molar-refractivity contribution in [3.05, 3.63) is 108 Å². The average molecular weight is 433 g/mol. The summed E-state index contributed by atoms with van der Waals surface area (Å²) in [5, 5.41) is 0. The molecule has 0 aliphatic carbocycles. The van der Waals surface area contributed by atoms with Gasteiger partial charge in [0.05, 0.1) is 4.47 Å². The van der Waals surface area contributed by atoms with E-state index >= 15 is 0 Å². The highest BCUT2D eigenvalue weighted by Gasteiger charge is 2.06. The minimum Gasteiger partial charge on any atom is -0.457 e.